The van der Waals surface area contributed by atoms with Crippen molar-refractivity contribution in [3.8, 4) is 5.75 Å². The summed E-state index contributed by atoms with van der Waals surface area (Å²) in [5.41, 5.74) is 5.23. The van der Waals surface area contributed by atoms with E-state index in [2.05, 4.69) is 70.9 Å². The van der Waals surface area contributed by atoms with Crippen LogP contribution in [0, 0.1) is 5.92 Å². The smallest absolute Gasteiger partial charge is 0.243 e. The Labute approximate surface area is 248 Å². The molecule has 0 saturated carbocycles. The molecule has 0 bridgehead atoms. The number of phenols is 1. The first-order valence-electron chi connectivity index (χ1n) is 14.7. The van der Waals surface area contributed by atoms with Crippen LogP contribution in [-0.2, 0) is 10.0 Å². The number of nitrogens with zero attached hydrogens (tertiary/aromatic N) is 2. The van der Waals surface area contributed by atoms with Crippen LogP contribution in [0.3, 0.4) is 0 Å². The Bertz CT molecular complexity index is 1660. The number of fused-ring (bicyclic) bond motifs is 3. The lowest BCUT2D eigenvalue weighted by Gasteiger charge is -2.40. The van der Waals surface area contributed by atoms with Gasteiger partial charge in [-0.2, -0.15) is 4.31 Å². The summed E-state index contributed by atoms with van der Waals surface area (Å²) < 4.78 is 29.5. The predicted molar refractivity (Wildman–Crippen MR) is 166 cm³/mol. The highest BCUT2D eigenvalue weighted by Gasteiger charge is 2.40. The molecule has 214 valence electrons. The van der Waals surface area contributed by atoms with E-state index >= 15 is 0 Å². The fourth-order valence-electron chi connectivity index (χ4n) is 7.03. The molecule has 3 unspecified atom stereocenters. The molecule has 0 aromatic heterocycles. The van der Waals surface area contributed by atoms with Crippen molar-refractivity contribution >= 4 is 15.7 Å². The van der Waals surface area contributed by atoms with Crippen LogP contribution in [0.4, 0.5) is 5.69 Å². The Morgan fingerprint density at radius 3 is 2.07 bits per heavy atom. The van der Waals surface area contributed by atoms with E-state index in [-0.39, 0.29) is 29.7 Å². The molecule has 7 rings (SSSR count). The maximum absolute atomic E-state index is 13.9. The summed E-state index contributed by atoms with van der Waals surface area (Å²) in [5.74, 6) is 0.583. The Balaban J connectivity index is 1.12. The van der Waals surface area contributed by atoms with E-state index in [0.29, 0.717) is 31.1 Å². The summed E-state index contributed by atoms with van der Waals surface area (Å²) in [6.45, 7) is 2.18. The third-order valence-corrected chi connectivity index (χ3v) is 11.0. The van der Waals surface area contributed by atoms with Gasteiger partial charge >= 0.3 is 0 Å². The average molecular weight is 578 g/mol. The molecular weight excluding hydrogens is 542 g/mol. The molecule has 1 saturated heterocycles. The zero-order chi connectivity index (χ0) is 28.7. The molecular formula is C35H35N3O3S. The van der Waals surface area contributed by atoms with Crippen molar-refractivity contribution < 1.29 is 13.5 Å². The molecule has 7 heteroatoms. The quantitative estimate of drug-likeness (QED) is 0.263. The number of piperazine rings is 1. The number of benzene rings is 4. The van der Waals surface area contributed by atoms with Gasteiger partial charge < -0.3 is 10.4 Å². The van der Waals surface area contributed by atoms with E-state index in [1.807, 2.05) is 42.5 Å². The van der Waals surface area contributed by atoms with Gasteiger partial charge in [-0.1, -0.05) is 91.0 Å². The zero-order valence-electron chi connectivity index (χ0n) is 23.4. The fraction of sp³-hybridized carbons (Fsp3) is 0.257. The van der Waals surface area contributed by atoms with Crippen LogP contribution in [0.5, 0.6) is 5.75 Å². The third-order valence-electron chi connectivity index (χ3n) is 9.11. The van der Waals surface area contributed by atoms with Crippen LogP contribution in [0.1, 0.15) is 46.7 Å². The van der Waals surface area contributed by atoms with Gasteiger partial charge in [-0.05, 0) is 53.3 Å². The lowest BCUT2D eigenvalue weighted by molar-refractivity contribution is 0.156. The van der Waals surface area contributed by atoms with Crippen LogP contribution in [0.15, 0.2) is 120 Å². The Morgan fingerprint density at radius 1 is 0.762 bits per heavy atom. The summed E-state index contributed by atoms with van der Waals surface area (Å²) in [6.07, 6.45) is 5.24. The minimum absolute atomic E-state index is 0.0450. The topological polar surface area (TPSA) is 72.9 Å². The van der Waals surface area contributed by atoms with Crippen molar-refractivity contribution in [2.45, 2.75) is 29.3 Å². The third kappa shape index (κ3) is 4.81. The molecule has 3 atom stereocenters. The first-order chi connectivity index (χ1) is 20.5. The second-order valence-electron chi connectivity index (χ2n) is 11.4. The molecule has 0 spiro atoms. The zero-order valence-corrected chi connectivity index (χ0v) is 24.2. The molecule has 3 aliphatic rings. The van der Waals surface area contributed by atoms with Gasteiger partial charge in [0.05, 0.1) is 17.0 Å². The minimum Gasteiger partial charge on any atom is -0.508 e. The van der Waals surface area contributed by atoms with Crippen molar-refractivity contribution in [2.75, 3.05) is 31.5 Å². The number of aromatic hydroxyl groups is 1. The summed E-state index contributed by atoms with van der Waals surface area (Å²) >= 11 is 0. The summed E-state index contributed by atoms with van der Waals surface area (Å²) in [6, 6.07) is 33.9. The van der Waals surface area contributed by atoms with Gasteiger partial charge in [0.2, 0.25) is 10.0 Å². The molecule has 0 radical (unpaired) electrons. The lowest BCUT2D eigenvalue weighted by atomic mass is 9.77. The molecule has 2 aliphatic heterocycles. The van der Waals surface area contributed by atoms with E-state index in [0.717, 1.165) is 23.2 Å². The van der Waals surface area contributed by atoms with E-state index < -0.39 is 10.0 Å². The van der Waals surface area contributed by atoms with Crippen LogP contribution in [0.25, 0.3) is 0 Å². The highest BCUT2D eigenvalue weighted by atomic mass is 32.2. The predicted octanol–water partition coefficient (Wildman–Crippen LogP) is 6.31. The SMILES string of the molecule is O=S(=O)(c1ccc2c(c1)C1C=CCC1C(c1ccccc1O)N2)N1CCN(C(c2ccccc2)c2ccccc2)CC1. The Hall–Kier alpha value is -3.91. The highest BCUT2D eigenvalue weighted by molar-refractivity contribution is 7.89. The number of hydrogen-bond donors (Lipinski definition) is 2. The molecule has 4 aromatic carbocycles. The highest BCUT2D eigenvalue weighted by Crippen LogP contribution is 2.51. The standard InChI is InChI=1S/C35H35N3O3S/c39-33-17-8-7-14-30(33)34-29-16-9-15-28(29)31-24-27(18-19-32(31)36-34)42(40,41)38-22-20-37(21-23-38)35(25-10-3-1-4-11-25)26-12-5-2-6-13-26/h1-15,17-19,24,28-29,34-36,39H,16,20-23H2. The van der Waals surface area contributed by atoms with Gasteiger partial charge in [0.15, 0.2) is 0 Å². The van der Waals surface area contributed by atoms with Gasteiger partial charge in [-0.15, -0.1) is 0 Å². The van der Waals surface area contributed by atoms with Crippen LogP contribution in [0.2, 0.25) is 0 Å². The van der Waals surface area contributed by atoms with Gasteiger partial charge in [-0.3, -0.25) is 4.90 Å². The maximum atomic E-state index is 13.9. The van der Waals surface area contributed by atoms with Crippen LogP contribution >= 0.6 is 0 Å². The average Bonchev–Trinajstić information content (AvgIpc) is 3.53. The number of para-hydroxylation sites is 1. The van der Waals surface area contributed by atoms with E-state index in [1.54, 1.807) is 16.4 Å². The van der Waals surface area contributed by atoms with Crippen molar-refractivity contribution in [2.24, 2.45) is 5.92 Å². The summed E-state index contributed by atoms with van der Waals surface area (Å²) in [7, 11) is -3.66. The van der Waals surface area contributed by atoms with E-state index in [1.165, 1.54) is 11.1 Å². The van der Waals surface area contributed by atoms with Gasteiger partial charge in [0.25, 0.3) is 0 Å². The largest absolute Gasteiger partial charge is 0.508 e. The second-order valence-corrected chi connectivity index (χ2v) is 13.4. The van der Waals surface area contributed by atoms with Gasteiger partial charge in [0, 0.05) is 43.3 Å². The first-order valence-corrected chi connectivity index (χ1v) is 16.1. The number of hydrogen-bond acceptors (Lipinski definition) is 5. The van der Waals surface area contributed by atoms with E-state index in [4.69, 9.17) is 0 Å². The molecule has 1 aliphatic carbocycles. The maximum Gasteiger partial charge on any atom is 0.243 e. The van der Waals surface area contributed by atoms with Gasteiger partial charge in [0.1, 0.15) is 5.75 Å². The normalized spacial score (nSPS) is 22.5. The molecule has 42 heavy (non-hydrogen) atoms. The number of phenolic OH excluding ortho intramolecular Hbond substituents is 1. The second kappa shape index (κ2) is 11.1. The number of nitrogens with one attached hydrogen (secondary N) is 1. The summed E-state index contributed by atoms with van der Waals surface area (Å²) in [4.78, 5) is 2.74. The van der Waals surface area contributed by atoms with Crippen molar-refractivity contribution in [3.63, 3.8) is 0 Å². The first kappa shape index (κ1) is 27.0. The fourth-order valence-corrected chi connectivity index (χ4v) is 8.49. The van der Waals surface area contributed by atoms with E-state index in [9.17, 15) is 13.5 Å². The van der Waals surface area contributed by atoms with Crippen LogP contribution < -0.4 is 5.32 Å². The molecule has 0 amide bonds. The van der Waals surface area contributed by atoms with Crippen LogP contribution in [-0.4, -0.2) is 48.9 Å². The molecule has 2 N–H and O–H groups in total. The lowest BCUT2D eigenvalue weighted by Crippen LogP contribution is -2.49. The van der Waals surface area contributed by atoms with Crippen molar-refractivity contribution in [1.29, 1.82) is 0 Å². The number of rotatable bonds is 6. The monoisotopic (exact) mass is 577 g/mol. The molecule has 2 heterocycles. The van der Waals surface area contributed by atoms with Crippen molar-refractivity contribution in [3.05, 3.63) is 138 Å². The Morgan fingerprint density at radius 2 is 1.40 bits per heavy atom. The van der Waals surface area contributed by atoms with Crippen molar-refractivity contribution in [1.82, 2.24) is 9.21 Å². The number of anilines is 1. The molecule has 6 nitrogen and oxygen atoms in total. The Kier molecular flexibility index (Phi) is 7.10. The minimum atomic E-state index is -3.66. The summed E-state index contributed by atoms with van der Waals surface area (Å²) in [5, 5.41) is 14.2. The molecule has 1 fully saturated rings. The van der Waals surface area contributed by atoms with Gasteiger partial charge in [-0.25, -0.2) is 8.42 Å². The molecule has 4 aromatic rings. The number of allylic oxidation sites excluding steroid dienone is 2. The number of sulfonamides is 1.